The van der Waals surface area contributed by atoms with Crippen LogP contribution in [0.15, 0.2) is 18.2 Å². The molecule has 2 atom stereocenters. The van der Waals surface area contributed by atoms with Gasteiger partial charge in [-0.05, 0) is 31.5 Å². The maximum atomic E-state index is 9.10. The zero-order valence-corrected chi connectivity index (χ0v) is 11.7. The first-order valence-corrected chi connectivity index (χ1v) is 6.57. The Hall–Kier alpha value is -1.57. The number of hydrogen-bond acceptors (Lipinski definition) is 4. The molecule has 1 aliphatic heterocycles. The van der Waals surface area contributed by atoms with Crippen molar-refractivity contribution in [2.75, 3.05) is 20.2 Å². The molecule has 1 fully saturated rings. The maximum absolute atomic E-state index is 9.10. The molecule has 19 heavy (non-hydrogen) atoms. The summed E-state index contributed by atoms with van der Waals surface area (Å²) in [5.41, 5.74) is 1.73. The lowest BCUT2D eigenvalue weighted by molar-refractivity contribution is -0.0704. The fraction of sp³-hybridized carbons (Fsp3) is 0.533. The van der Waals surface area contributed by atoms with Crippen LogP contribution in [-0.2, 0) is 11.3 Å². The lowest BCUT2D eigenvalue weighted by Crippen LogP contribution is -2.44. The van der Waals surface area contributed by atoms with E-state index in [1.807, 2.05) is 18.2 Å². The SMILES string of the molecule is COc1ccc(CN2C[C@@H](C)O[C@@H](C)C2)cc1C#N. The maximum Gasteiger partial charge on any atom is 0.136 e. The summed E-state index contributed by atoms with van der Waals surface area (Å²) in [6.45, 7) is 6.89. The topological polar surface area (TPSA) is 45.5 Å². The van der Waals surface area contributed by atoms with Gasteiger partial charge >= 0.3 is 0 Å². The molecule has 0 spiro atoms. The second-order valence-corrected chi connectivity index (χ2v) is 5.10. The summed E-state index contributed by atoms with van der Waals surface area (Å²) < 4.78 is 10.9. The molecule has 1 aromatic carbocycles. The van der Waals surface area contributed by atoms with Gasteiger partial charge in [-0.1, -0.05) is 6.07 Å². The van der Waals surface area contributed by atoms with Crippen molar-refractivity contribution in [1.82, 2.24) is 4.90 Å². The number of hydrogen-bond donors (Lipinski definition) is 0. The Morgan fingerprint density at radius 3 is 2.63 bits per heavy atom. The van der Waals surface area contributed by atoms with E-state index in [1.54, 1.807) is 7.11 Å². The highest BCUT2D eigenvalue weighted by Gasteiger charge is 2.22. The lowest BCUT2D eigenvalue weighted by Gasteiger charge is -2.35. The second-order valence-electron chi connectivity index (χ2n) is 5.10. The average molecular weight is 260 g/mol. The molecule has 2 rings (SSSR count). The van der Waals surface area contributed by atoms with Crippen LogP contribution >= 0.6 is 0 Å². The molecule has 4 nitrogen and oxygen atoms in total. The van der Waals surface area contributed by atoms with Crippen LogP contribution in [0.4, 0.5) is 0 Å². The summed E-state index contributed by atoms with van der Waals surface area (Å²) in [6.07, 6.45) is 0.523. The van der Waals surface area contributed by atoms with Crippen molar-refractivity contribution in [3.05, 3.63) is 29.3 Å². The molecule has 0 N–H and O–H groups in total. The van der Waals surface area contributed by atoms with Crippen molar-refractivity contribution in [2.45, 2.75) is 32.6 Å². The molecule has 102 valence electrons. The van der Waals surface area contributed by atoms with Gasteiger partial charge in [-0.2, -0.15) is 5.26 Å². The van der Waals surface area contributed by atoms with Crippen molar-refractivity contribution in [3.63, 3.8) is 0 Å². The van der Waals surface area contributed by atoms with Crippen LogP contribution in [0.1, 0.15) is 25.0 Å². The van der Waals surface area contributed by atoms with Crippen LogP contribution in [0.25, 0.3) is 0 Å². The minimum atomic E-state index is 0.262. The highest BCUT2D eigenvalue weighted by molar-refractivity contribution is 5.45. The molecule has 0 radical (unpaired) electrons. The first-order chi connectivity index (χ1) is 9.12. The number of rotatable bonds is 3. The van der Waals surface area contributed by atoms with E-state index in [9.17, 15) is 0 Å². The zero-order chi connectivity index (χ0) is 13.8. The zero-order valence-electron chi connectivity index (χ0n) is 11.7. The van der Waals surface area contributed by atoms with Crippen molar-refractivity contribution >= 4 is 0 Å². The normalized spacial score (nSPS) is 23.9. The average Bonchev–Trinajstić information content (AvgIpc) is 2.37. The van der Waals surface area contributed by atoms with E-state index < -0.39 is 0 Å². The molecule has 0 amide bonds. The summed E-state index contributed by atoms with van der Waals surface area (Å²) in [4.78, 5) is 2.36. The lowest BCUT2D eigenvalue weighted by atomic mass is 10.1. The Bertz CT molecular complexity index is 472. The van der Waals surface area contributed by atoms with Crippen LogP contribution < -0.4 is 4.74 Å². The minimum absolute atomic E-state index is 0.262. The van der Waals surface area contributed by atoms with Gasteiger partial charge in [0.15, 0.2) is 0 Å². The van der Waals surface area contributed by atoms with E-state index in [-0.39, 0.29) is 12.2 Å². The van der Waals surface area contributed by atoms with E-state index in [2.05, 4.69) is 24.8 Å². The Kier molecular flexibility index (Phi) is 4.41. The standard InChI is InChI=1S/C15H20N2O2/c1-11-8-17(9-12(2)19-11)10-13-4-5-15(18-3)14(6-13)7-16/h4-6,11-12H,8-10H2,1-3H3/t11-,12+. The molecular weight excluding hydrogens is 240 g/mol. The number of benzene rings is 1. The van der Waals surface area contributed by atoms with Crippen molar-refractivity contribution < 1.29 is 9.47 Å². The summed E-state index contributed by atoms with van der Waals surface area (Å²) in [6, 6.07) is 7.96. The van der Waals surface area contributed by atoms with Crippen LogP contribution in [0.3, 0.4) is 0 Å². The molecule has 0 bridgehead atoms. The van der Waals surface area contributed by atoms with Gasteiger partial charge in [-0.15, -0.1) is 0 Å². The van der Waals surface area contributed by atoms with Gasteiger partial charge in [0, 0.05) is 19.6 Å². The van der Waals surface area contributed by atoms with E-state index in [0.717, 1.165) is 25.2 Å². The molecule has 1 aromatic rings. The van der Waals surface area contributed by atoms with Crippen LogP contribution in [0.5, 0.6) is 5.75 Å². The summed E-state index contributed by atoms with van der Waals surface area (Å²) in [5, 5.41) is 9.10. The first-order valence-electron chi connectivity index (χ1n) is 6.57. The van der Waals surface area contributed by atoms with Crippen molar-refractivity contribution in [3.8, 4) is 11.8 Å². The third-order valence-electron chi connectivity index (χ3n) is 3.29. The fourth-order valence-corrected chi connectivity index (χ4v) is 2.61. The van der Waals surface area contributed by atoms with E-state index >= 15 is 0 Å². The van der Waals surface area contributed by atoms with Crippen LogP contribution in [-0.4, -0.2) is 37.3 Å². The van der Waals surface area contributed by atoms with Gasteiger partial charge in [0.25, 0.3) is 0 Å². The fourth-order valence-electron chi connectivity index (χ4n) is 2.61. The first kappa shape index (κ1) is 13.9. The molecule has 1 saturated heterocycles. The predicted octanol–water partition coefficient (Wildman–Crippen LogP) is 2.18. The Balaban J connectivity index is 2.09. The molecule has 0 saturated carbocycles. The quantitative estimate of drug-likeness (QED) is 0.835. The summed E-state index contributed by atoms with van der Waals surface area (Å²) in [7, 11) is 1.58. The molecule has 4 heteroatoms. The largest absolute Gasteiger partial charge is 0.495 e. The van der Waals surface area contributed by atoms with Gasteiger partial charge in [0.2, 0.25) is 0 Å². The van der Waals surface area contributed by atoms with E-state index in [4.69, 9.17) is 14.7 Å². The smallest absolute Gasteiger partial charge is 0.136 e. The van der Waals surface area contributed by atoms with Gasteiger partial charge in [0.1, 0.15) is 11.8 Å². The highest BCUT2D eigenvalue weighted by atomic mass is 16.5. The third-order valence-corrected chi connectivity index (χ3v) is 3.29. The Labute approximate surface area is 114 Å². The Morgan fingerprint density at radius 1 is 1.37 bits per heavy atom. The Morgan fingerprint density at radius 2 is 2.05 bits per heavy atom. The summed E-state index contributed by atoms with van der Waals surface area (Å²) >= 11 is 0. The monoisotopic (exact) mass is 260 g/mol. The molecule has 0 aromatic heterocycles. The number of methoxy groups -OCH3 is 1. The van der Waals surface area contributed by atoms with Gasteiger partial charge < -0.3 is 9.47 Å². The molecule has 0 unspecified atom stereocenters. The molecule has 0 aliphatic carbocycles. The van der Waals surface area contributed by atoms with Crippen molar-refractivity contribution in [2.24, 2.45) is 0 Å². The van der Waals surface area contributed by atoms with Gasteiger partial charge in [-0.25, -0.2) is 0 Å². The minimum Gasteiger partial charge on any atom is -0.495 e. The number of nitrogens with zero attached hydrogens (tertiary/aromatic N) is 2. The van der Waals surface area contributed by atoms with E-state index in [1.165, 1.54) is 0 Å². The molecule has 1 aliphatic rings. The molecule has 1 heterocycles. The number of ether oxygens (including phenoxy) is 2. The second kappa shape index (κ2) is 6.05. The van der Waals surface area contributed by atoms with E-state index in [0.29, 0.717) is 11.3 Å². The van der Waals surface area contributed by atoms with Gasteiger partial charge in [0.05, 0.1) is 24.9 Å². The number of morpholine rings is 1. The summed E-state index contributed by atoms with van der Waals surface area (Å²) in [5.74, 6) is 0.634. The number of nitriles is 1. The highest BCUT2D eigenvalue weighted by Crippen LogP contribution is 2.21. The third kappa shape index (κ3) is 3.46. The predicted molar refractivity (Wildman–Crippen MR) is 73.0 cm³/mol. The van der Waals surface area contributed by atoms with Crippen LogP contribution in [0.2, 0.25) is 0 Å². The van der Waals surface area contributed by atoms with Crippen LogP contribution in [0, 0.1) is 11.3 Å². The van der Waals surface area contributed by atoms with Gasteiger partial charge in [-0.3, -0.25) is 4.90 Å². The molecular formula is C15H20N2O2. The van der Waals surface area contributed by atoms with Crippen molar-refractivity contribution in [1.29, 1.82) is 5.26 Å².